The van der Waals surface area contributed by atoms with E-state index >= 15 is 0 Å². The minimum atomic E-state index is -0.269. The van der Waals surface area contributed by atoms with Gasteiger partial charge < -0.3 is 9.57 Å². The number of fused-ring (bicyclic) bond motifs is 1. The van der Waals surface area contributed by atoms with Crippen LogP contribution in [0, 0.1) is 5.92 Å². The Balaban J connectivity index is 2.18. The Bertz CT molecular complexity index is 199. The highest BCUT2D eigenvalue weighted by molar-refractivity contribution is 6.05. The first-order valence-electron chi connectivity index (χ1n) is 3.23. The second kappa shape index (κ2) is 2.05. The minimum Gasteiger partial charge on any atom is -0.380 e. The molecule has 1 unspecified atom stereocenters. The summed E-state index contributed by atoms with van der Waals surface area (Å²) >= 11 is 0. The van der Waals surface area contributed by atoms with Crippen LogP contribution in [0.1, 0.15) is 6.42 Å². The summed E-state index contributed by atoms with van der Waals surface area (Å²) in [6.45, 7) is 1.10. The summed E-state index contributed by atoms with van der Waals surface area (Å²) in [5.41, 5.74) is 0.844. The molecule has 0 amide bonds. The first kappa shape index (κ1) is 5.85. The Morgan fingerprint density at radius 1 is 1.60 bits per heavy atom. The molecular weight excluding hydrogens is 134 g/mol. The van der Waals surface area contributed by atoms with Gasteiger partial charge in [0, 0.05) is 6.42 Å². The molecule has 10 heavy (non-hydrogen) atoms. The molecule has 2 aliphatic heterocycles. The van der Waals surface area contributed by atoms with Gasteiger partial charge in [0.2, 0.25) is 0 Å². The zero-order valence-corrected chi connectivity index (χ0v) is 5.37. The monoisotopic (exact) mass is 141 g/mol. The zero-order valence-electron chi connectivity index (χ0n) is 5.37. The van der Waals surface area contributed by atoms with Gasteiger partial charge in [-0.2, -0.15) is 0 Å². The van der Waals surface area contributed by atoms with Crippen LogP contribution < -0.4 is 0 Å². The van der Waals surface area contributed by atoms with Gasteiger partial charge in [0.1, 0.15) is 5.92 Å². The van der Waals surface area contributed by atoms with Crippen molar-refractivity contribution in [2.24, 2.45) is 11.1 Å². The van der Waals surface area contributed by atoms with E-state index in [0.29, 0.717) is 13.2 Å². The zero-order chi connectivity index (χ0) is 6.97. The van der Waals surface area contributed by atoms with Crippen molar-refractivity contribution in [2.75, 3.05) is 13.2 Å². The van der Waals surface area contributed by atoms with Crippen LogP contribution in [0.3, 0.4) is 0 Å². The number of ether oxygens (including phenoxy) is 1. The lowest BCUT2D eigenvalue weighted by molar-refractivity contribution is -0.145. The van der Waals surface area contributed by atoms with Gasteiger partial charge in [-0.25, -0.2) is 4.79 Å². The molecule has 54 valence electrons. The maximum Gasteiger partial charge on any atom is 0.346 e. The second-order valence-corrected chi connectivity index (χ2v) is 2.37. The first-order valence-corrected chi connectivity index (χ1v) is 3.23. The quantitative estimate of drug-likeness (QED) is 0.444. The molecule has 0 aromatic heterocycles. The topological polar surface area (TPSA) is 47.9 Å². The van der Waals surface area contributed by atoms with Gasteiger partial charge in [-0.15, -0.1) is 0 Å². The molecule has 1 saturated heterocycles. The number of hydrogen-bond acceptors (Lipinski definition) is 4. The highest BCUT2D eigenvalue weighted by Gasteiger charge is 2.34. The molecule has 0 bridgehead atoms. The lowest BCUT2D eigenvalue weighted by Crippen LogP contribution is -2.29. The summed E-state index contributed by atoms with van der Waals surface area (Å²) < 4.78 is 5.07. The van der Waals surface area contributed by atoms with E-state index in [1.54, 1.807) is 0 Å². The third-order valence-corrected chi connectivity index (χ3v) is 1.73. The van der Waals surface area contributed by atoms with Gasteiger partial charge >= 0.3 is 5.97 Å². The number of carbonyl (C=O) groups excluding carboxylic acids is 1. The third kappa shape index (κ3) is 0.724. The SMILES string of the molecule is O=C1ON=C2CCOCC12. The van der Waals surface area contributed by atoms with Crippen molar-refractivity contribution < 1.29 is 14.4 Å². The minimum absolute atomic E-state index is 0.200. The van der Waals surface area contributed by atoms with Gasteiger partial charge in [-0.3, -0.25) is 0 Å². The molecule has 1 fully saturated rings. The van der Waals surface area contributed by atoms with E-state index in [-0.39, 0.29) is 11.9 Å². The predicted octanol–water partition coefficient (Wildman–Crippen LogP) is -0.0643. The van der Waals surface area contributed by atoms with Gasteiger partial charge in [0.15, 0.2) is 0 Å². The van der Waals surface area contributed by atoms with E-state index in [9.17, 15) is 4.79 Å². The van der Waals surface area contributed by atoms with E-state index in [1.165, 1.54) is 0 Å². The number of oxime groups is 1. The summed E-state index contributed by atoms with van der Waals surface area (Å²) in [7, 11) is 0. The third-order valence-electron chi connectivity index (χ3n) is 1.73. The molecular formula is C6H7NO3. The van der Waals surface area contributed by atoms with Crippen LogP contribution in [0.2, 0.25) is 0 Å². The van der Waals surface area contributed by atoms with Crippen molar-refractivity contribution in [3.63, 3.8) is 0 Å². The Kier molecular flexibility index (Phi) is 1.20. The molecule has 2 aliphatic rings. The standard InChI is InChI=1S/C6H7NO3/c8-6-4-3-9-2-1-5(4)7-10-6/h4H,1-3H2. The van der Waals surface area contributed by atoms with E-state index in [0.717, 1.165) is 12.1 Å². The Morgan fingerprint density at radius 3 is 3.30 bits per heavy atom. The lowest BCUT2D eigenvalue weighted by Gasteiger charge is -2.14. The van der Waals surface area contributed by atoms with Gasteiger partial charge in [-0.05, 0) is 0 Å². The molecule has 1 atom stereocenters. The Morgan fingerprint density at radius 2 is 2.50 bits per heavy atom. The van der Waals surface area contributed by atoms with Gasteiger partial charge in [0.25, 0.3) is 0 Å². The number of rotatable bonds is 0. The van der Waals surface area contributed by atoms with Crippen LogP contribution in [0.25, 0.3) is 0 Å². The number of nitrogens with zero attached hydrogens (tertiary/aromatic N) is 1. The summed E-state index contributed by atoms with van der Waals surface area (Å²) in [5, 5.41) is 3.63. The molecule has 0 aromatic carbocycles. The van der Waals surface area contributed by atoms with Crippen molar-refractivity contribution in [3.05, 3.63) is 0 Å². The largest absolute Gasteiger partial charge is 0.380 e. The molecule has 0 saturated carbocycles. The highest BCUT2D eigenvalue weighted by atomic mass is 16.7. The Labute approximate surface area is 57.8 Å². The maximum absolute atomic E-state index is 10.8. The van der Waals surface area contributed by atoms with E-state index in [2.05, 4.69) is 9.99 Å². The van der Waals surface area contributed by atoms with Crippen LogP contribution in [-0.4, -0.2) is 24.9 Å². The fourth-order valence-corrected chi connectivity index (χ4v) is 1.13. The van der Waals surface area contributed by atoms with Crippen molar-refractivity contribution in [1.29, 1.82) is 0 Å². The van der Waals surface area contributed by atoms with Crippen LogP contribution in [-0.2, 0) is 14.4 Å². The molecule has 4 heteroatoms. The normalized spacial score (nSPS) is 31.0. The average Bonchev–Trinajstić information content (AvgIpc) is 2.34. The molecule has 0 radical (unpaired) electrons. The van der Waals surface area contributed by atoms with Crippen molar-refractivity contribution in [3.8, 4) is 0 Å². The van der Waals surface area contributed by atoms with Crippen molar-refractivity contribution >= 4 is 11.7 Å². The van der Waals surface area contributed by atoms with Crippen molar-refractivity contribution in [1.82, 2.24) is 0 Å². The fourth-order valence-electron chi connectivity index (χ4n) is 1.13. The summed E-state index contributed by atoms with van der Waals surface area (Å²) in [4.78, 5) is 15.3. The first-order chi connectivity index (χ1) is 4.88. The smallest absolute Gasteiger partial charge is 0.346 e. The molecule has 0 spiro atoms. The van der Waals surface area contributed by atoms with E-state index in [4.69, 9.17) is 4.74 Å². The average molecular weight is 141 g/mol. The Hall–Kier alpha value is -0.900. The van der Waals surface area contributed by atoms with Crippen LogP contribution in [0.5, 0.6) is 0 Å². The van der Waals surface area contributed by atoms with E-state index < -0.39 is 0 Å². The van der Waals surface area contributed by atoms with Crippen molar-refractivity contribution in [2.45, 2.75) is 6.42 Å². The van der Waals surface area contributed by atoms with Crippen LogP contribution >= 0.6 is 0 Å². The fraction of sp³-hybridized carbons (Fsp3) is 0.667. The number of hydrogen-bond donors (Lipinski definition) is 0. The molecule has 0 aromatic rings. The molecule has 2 heterocycles. The van der Waals surface area contributed by atoms with Crippen LogP contribution in [0.4, 0.5) is 0 Å². The van der Waals surface area contributed by atoms with Gasteiger partial charge in [-0.1, -0.05) is 5.16 Å². The van der Waals surface area contributed by atoms with E-state index in [1.807, 2.05) is 0 Å². The summed E-state index contributed by atoms with van der Waals surface area (Å²) in [6, 6.07) is 0. The number of carbonyl (C=O) groups is 1. The van der Waals surface area contributed by atoms with Crippen LogP contribution in [0.15, 0.2) is 5.16 Å². The lowest BCUT2D eigenvalue weighted by atomic mass is 10.0. The molecule has 4 nitrogen and oxygen atoms in total. The summed E-state index contributed by atoms with van der Waals surface area (Å²) in [5.74, 6) is -0.469. The summed E-state index contributed by atoms with van der Waals surface area (Å²) in [6.07, 6.45) is 0.733. The second-order valence-electron chi connectivity index (χ2n) is 2.37. The molecule has 0 aliphatic carbocycles. The highest BCUT2D eigenvalue weighted by Crippen LogP contribution is 2.18. The predicted molar refractivity (Wildman–Crippen MR) is 32.5 cm³/mol. The molecule has 2 rings (SSSR count). The molecule has 0 N–H and O–H groups in total. The van der Waals surface area contributed by atoms with Gasteiger partial charge in [0.05, 0.1) is 18.9 Å². The maximum atomic E-state index is 10.8.